The molecule has 4 nitrogen and oxygen atoms in total. The molecule has 35 heavy (non-hydrogen) atoms. The molecule has 0 spiro atoms. The van der Waals surface area contributed by atoms with Gasteiger partial charge >= 0.3 is 32.8 Å². The van der Waals surface area contributed by atoms with Gasteiger partial charge in [-0.2, -0.15) is 26.3 Å². The first kappa shape index (κ1) is 45.0. The quantitative estimate of drug-likeness (QED) is 0.201. The number of carbonyl (C=O) groups excluding carboxylic acids is 2. The zero-order chi connectivity index (χ0) is 28.8. The van der Waals surface area contributed by atoms with Crippen LogP contribution in [0.25, 0.3) is 0 Å². The summed E-state index contributed by atoms with van der Waals surface area (Å²) < 4.78 is 63.1. The Hall–Kier alpha value is 0.0423. The van der Waals surface area contributed by atoms with Crippen molar-refractivity contribution >= 4 is 27.8 Å². The SMILES string of the molecule is CC(C)P(C(C)C)C(C)C.CC(C)P(C(C)C)C(C)C.O=C([O-])C(F)(F)F.O=C([O-])C(F)(F)F.[Pd+2]. The Kier molecular flexibility index (Phi) is 27.0. The van der Waals surface area contributed by atoms with Crippen molar-refractivity contribution in [1.82, 2.24) is 0 Å². The smallest absolute Gasteiger partial charge is 0.542 e. The fourth-order valence-electron chi connectivity index (χ4n) is 3.58. The largest absolute Gasteiger partial charge is 2.00 e. The predicted octanol–water partition coefficient (Wildman–Crippen LogP) is 5.98. The first-order valence-electron chi connectivity index (χ1n) is 10.9. The Bertz CT molecular complexity index is 467. The second kappa shape index (κ2) is 21.0. The van der Waals surface area contributed by atoms with Crippen LogP contribution in [0.1, 0.15) is 83.1 Å². The van der Waals surface area contributed by atoms with Crippen LogP contribution in [0.15, 0.2) is 0 Å². The first-order chi connectivity index (χ1) is 14.8. The van der Waals surface area contributed by atoms with Crippen molar-refractivity contribution in [2.75, 3.05) is 0 Å². The molecule has 0 atom stereocenters. The van der Waals surface area contributed by atoms with Crippen molar-refractivity contribution in [2.45, 2.75) is 129 Å². The summed E-state index contributed by atoms with van der Waals surface area (Å²) in [5, 5.41) is 17.6. The van der Waals surface area contributed by atoms with Crippen molar-refractivity contribution < 1.29 is 66.6 Å². The van der Waals surface area contributed by atoms with E-state index >= 15 is 0 Å². The molecule has 0 amide bonds. The molecule has 0 bridgehead atoms. The van der Waals surface area contributed by atoms with Crippen LogP contribution < -0.4 is 10.2 Å². The van der Waals surface area contributed by atoms with Crippen molar-refractivity contribution in [3.05, 3.63) is 0 Å². The van der Waals surface area contributed by atoms with E-state index in [1.165, 1.54) is 0 Å². The van der Waals surface area contributed by atoms with Gasteiger partial charge in [0.15, 0.2) is 0 Å². The standard InChI is InChI=1S/2C9H21P.2C2HF3O2.Pd/c2*1-7(2)10(8(3)4)9(5)6;2*3-2(4,5)1(6)7;/h2*7-9H,1-6H3;2*(H,6,7);/q;;;;+2/p-2. The second-order valence-electron chi connectivity index (χ2n) is 9.03. The van der Waals surface area contributed by atoms with Crippen LogP contribution in [-0.4, -0.2) is 58.2 Å². The number of carboxylic acids is 2. The van der Waals surface area contributed by atoms with Crippen LogP contribution in [0.2, 0.25) is 0 Å². The molecule has 0 radical (unpaired) electrons. The van der Waals surface area contributed by atoms with Gasteiger partial charge in [-0.3, -0.25) is 0 Å². The van der Waals surface area contributed by atoms with Gasteiger partial charge in [-0.15, -0.1) is 0 Å². The number of rotatable bonds is 6. The molecule has 0 aromatic rings. The Morgan fingerprint density at radius 3 is 0.571 bits per heavy atom. The summed E-state index contributed by atoms with van der Waals surface area (Å²) in [5.41, 5.74) is 5.39. The molecule has 0 aromatic heterocycles. The first-order valence-corrected chi connectivity index (χ1v) is 14.0. The minimum Gasteiger partial charge on any atom is -0.542 e. The topological polar surface area (TPSA) is 80.3 Å². The van der Waals surface area contributed by atoms with Gasteiger partial charge in [0.25, 0.3) is 0 Å². The summed E-state index contributed by atoms with van der Waals surface area (Å²) >= 11 is 0. The van der Waals surface area contributed by atoms with Crippen molar-refractivity contribution in [1.29, 1.82) is 0 Å². The van der Waals surface area contributed by atoms with Crippen LogP contribution in [0.5, 0.6) is 0 Å². The molecule has 0 saturated heterocycles. The van der Waals surface area contributed by atoms with E-state index in [2.05, 4.69) is 83.1 Å². The average Bonchev–Trinajstić information content (AvgIpc) is 2.51. The summed E-state index contributed by atoms with van der Waals surface area (Å²) in [6, 6.07) is 0. The van der Waals surface area contributed by atoms with E-state index in [1.54, 1.807) is 0 Å². The third kappa shape index (κ3) is 26.9. The molecule has 0 aromatic carbocycles. The van der Waals surface area contributed by atoms with Crippen molar-refractivity contribution in [3.63, 3.8) is 0 Å². The van der Waals surface area contributed by atoms with Gasteiger partial charge < -0.3 is 19.8 Å². The molecule has 13 heteroatoms. The molecule has 216 valence electrons. The van der Waals surface area contributed by atoms with E-state index in [0.717, 1.165) is 34.0 Å². The number of carbonyl (C=O) groups is 2. The third-order valence-corrected chi connectivity index (χ3v) is 11.2. The fourth-order valence-corrected chi connectivity index (χ4v) is 10.7. The van der Waals surface area contributed by atoms with Gasteiger partial charge in [0.1, 0.15) is 11.9 Å². The summed E-state index contributed by atoms with van der Waals surface area (Å²) in [7, 11) is 0.525. The third-order valence-electron chi connectivity index (χ3n) is 4.04. The van der Waals surface area contributed by atoms with E-state index in [-0.39, 0.29) is 36.3 Å². The maximum atomic E-state index is 10.5. The molecule has 0 saturated carbocycles. The summed E-state index contributed by atoms with van der Waals surface area (Å²) in [4.78, 5) is 17.6. The van der Waals surface area contributed by atoms with Crippen molar-refractivity contribution in [3.8, 4) is 0 Å². The van der Waals surface area contributed by atoms with Gasteiger partial charge in [0, 0.05) is 0 Å². The maximum absolute atomic E-state index is 10.5. The van der Waals surface area contributed by atoms with Gasteiger partial charge in [0.2, 0.25) is 0 Å². The van der Waals surface area contributed by atoms with E-state index in [1.807, 2.05) is 0 Å². The van der Waals surface area contributed by atoms with Crippen LogP contribution in [-0.2, 0) is 30.0 Å². The van der Waals surface area contributed by atoms with Crippen LogP contribution in [0, 0.1) is 0 Å². The Morgan fingerprint density at radius 2 is 0.571 bits per heavy atom. The molecular formula is C22H42F6O4P2Pd. The summed E-state index contributed by atoms with van der Waals surface area (Å²) in [6.07, 6.45) is -10.4. The van der Waals surface area contributed by atoms with E-state index < -0.39 is 24.3 Å². The molecule has 0 rings (SSSR count). The number of halogens is 6. The van der Waals surface area contributed by atoms with Crippen LogP contribution >= 0.6 is 15.8 Å². The molecule has 0 aliphatic carbocycles. The van der Waals surface area contributed by atoms with Gasteiger partial charge in [-0.25, -0.2) is 0 Å². The normalized spacial score (nSPS) is 11.7. The number of hydrogen-bond acceptors (Lipinski definition) is 4. The number of carboxylic acid groups (broad SMARTS) is 2. The Balaban J connectivity index is -0.000000115. The van der Waals surface area contributed by atoms with Crippen LogP contribution in [0.4, 0.5) is 26.3 Å². The minimum atomic E-state index is -5.19. The molecule has 0 unspecified atom stereocenters. The molecule has 0 aliphatic heterocycles. The zero-order valence-electron chi connectivity index (χ0n) is 22.6. The van der Waals surface area contributed by atoms with E-state index in [4.69, 9.17) is 19.8 Å². The molecule has 0 N–H and O–H groups in total. The fraction of sp³-hybridized carbons (Fsp3) is 0.909. The molecule has 0 aliphatic rings. The van der Waals surface area contributed by atoms with E-state index in [0.29, 0.717) is 0 Å². The zero-order valence-corrected chi connectivity index (χ0v) is 25.9. The maximum Gasteiger partial charge on any atom is 2.00 e. The van der Waals surface area contributed by atoms with E-state index in [9.17, 15) is 26.3 Å². The molecule has 0 heterocycles. The molecule has 0 fully saturated rings. The van der Waals surface area contributed by atoms with Gasteiger partial charge in [-0.1, -0.05) is 98.9 Å². The Morgan fingerprint density at radius 1 is 0.486 bits per heavy atom. The monoisotopic (exact) mass is 652 g/mol. The minimum absolute atomic E-state index is 0. The number of alkyl halides is 6. The van der Waals surface area contributed by atoms with Gasteiger partial charge in [0.05, 0.1) is 0 Å². The predicted molar refractivity (Wildman–Crippen MR) is 127 cm³/mol. The average molecular weight is 653 g/mol. The van der Waals surface area contributed by atoms with Crippen LogP contribution in [0.3, 0.4) is 0 Å². The molecular weight excluding hydrogens is 611 g/mol. The summed E-state index contributed by atoms with van der Waals surface area (Å²) in [6.45, 7) is 28.2. The summed E-state index contributed by atoms with van der Waals surface area (Å²) in [5.74, 6) is -6.01. The number of aliphatic carboxylic acids is 2. The van der Waals surface area contributed by atoms with Gasteiger partial charge in [-0.05, 0) is 34.0 Å². The second-order valence-corrected chi connectivity index (χ2v) is 17.0. The van der Waals surface area contributed by atoms with Crippen molar-refractivity contribution in [2.24, 2.45) is 0 Å². The number of hydrogen-bond donors (Lipinski definition) is 0. The Labute approximate surface area is 223 Å².